The molecule has 4 rings (SSSR count). The first-order valence-electron chi connectivity index (χ1n) is 14.4. The summed E-state index contributed by atoms with van der Waals surface area (Å²) < 4.78 is 19.7. The molecule has 0 saturated heterocycles. The van der Waals surface area contributed by atoms with Gasteiger partial charge in [0.05, 0.1) is 11.7 Å². The van der Waals surface area contributed by atoms with Crippen LogP contribution < -0.4 is 10.6 Å². The molecule has 0 bridgehead atoms. The highest BCUT2D eigenvalue weighted by Crippen LogP contribution is 2.18. The van der Waals surface area contributed by atoms with Crippen LogP contribution in [0, 0.1) is 24.1 Å². The number of nitrogens with one attached hydrogen (secondary N) is 2. The SMILES string of the molecule is CC(C)(O)OC(CCNCc1ccc(F)c(C#N)c1)C(Cc1ccccc1)NCc1ccccc1.Cc1ccccc1. The molecule has 220 valence electrons. The lowest BCUT2D eigenvalue weighted by Gasteiger charge is -2.33. The minimum atomic E-state index is -1.29. The maximum Gasteiger partial charge on any atom is 0.160 e. The van der Waals surface area contributed by atoms with Crippen molar-refractivity contribution in [1.29, 1.82) is 5.26 Å². The van der Waals surface area contributed by atoms with Gasteiger partial charge in [-0.2, -0.15) is 5.26 Å². The summed E-state index contributed by atoms with van der Waals surface area (Å²) in [5.41, 5.74) is 4.56. The molecule has 0 fully saturated rings. The Hall–Kier alpha value is -3.86. The Morgan fingerprint density at radius 2 is 1.43 bits per heavy atom. The van der Waals surface area contributed by atoms with E-state index in [1.54, 1.807) is 26.0 Å². The number of benzene rings is 4. The minimum Gasteiger partial charge on any atom is -0.366 e. The highest BCUT2D eigenvalue weighted by atomic mass is 19.1. The van der Waals surface area contributed by atoms with Crippen molar-refractivity contribution in [3.63, 3.8) is 0 Å². The lowest BCUT2D eigenvalue weighted by molar-refractivity contribution is -0.212. The van der Waals surface area contributed by atoms with Crippen LogP contribution >= 0.6 is 0 Å². The largest absolute Gasteiger partial charge is 0.366 e. The third kappa shape index (κ3) is 12.3. The summed E-state index contributed by atoms with van der Waals surface area (Å²) in [6.45, 7) is 7.19. The van der Waals surface area contributed by atoms with E-state index in [1.165, 1.54) is 22.8 Å². The third-order valence-corrected chi connectivity index (χ3v) is 6.62. The fourth-order valence-corrected chi connectivity index (χ4v) is 4.54. The average molecular weight is 568 g/mol. The number of aryl methyl sites for hydroxylation is 1. The first kappa shape index (κ1) is 32.7. The molecule has 0 aromatic heterocycles. The fourth-order valence-electron chi connectivity index (χ4n) is 4.54. The third-order valence-electron chi connectivity index (χ3n) is 6.62. The maximum atomic E-state index is 13.6. The first-order chi connectivity index (χ1) is 20.2. The first-order valence-corrected chi connectivity index (χ1v) is 14.4. The number of rotatable bonds is 13. The normalized spacial score (nSPS) is 12.5. The van der Waals surface area contributed by atoms with E-state index in [9.17, 15) is 9.50 Å². The molecular formula is C36H42FN3O2. The second-order valence-electron chi connectivity index (χ2n) is 10.8. The Kier molecular flexibility index (Phi) is 13.4. The number of hydrogen-bond acceptors (Lipinski definition) is 5. The van der Waals surface area contributed by atoms with Crippen LogP contribution in [0.5, 0.6) is 0 Å². The van der Waals surface area contributed by atoms with Crippen molar-refractivity contribution < 1.29 is 14.2 Å². The van der Waals surface area contributed by atoms with E-state index in [0.29, 0.717) is 26.1 Å². The molecular weight excluding hydrogens is 525 g/mol. The summed E-state index contributed by atoms with van der Waals surface area (Å²) in [4.78, 5) is 0. The zero-order chi connectivity index (χ0) is 30.2. The van der Waals surface area contributed by atoms with Gasteiger partial charge in [-0.25, -0.2) is 4.39 Å². The van der Waals surface area contributed by atoms with E-state index in [1.807, 2.05) is 60.7 Å². The Labute approximate surface area is 250 Å². The highest BCUT2D eigenvalue weighted by molar-refractivity contribution is 5.34. The van der Waals surface area contributed by atoms with Crippen molar-refractivity contribution in [3.05, 3.63) is 143 Å². The van der Waals surface area contributed by atoms with Crippen molar-refractivity contribution in [1.82, 2.24) is 10.6 Å². The van der Waals surface area contributed by atoms with Gasteiger partial charge in [-0.3, -0.25) is 0 Å². The molecule has 0 aliphatic heterocycles. The summed E-state index contributed by atoms with van der Waals surface area (Å²) in [5, 5.41) is 26.5. The molecule has 0 radical (unpaired) electrons. The molecule has 0 amide bonds. The summed E-state index contributed by atoms with van der Waals surface area (Å²) in [6.07, 6.45) is 1.13. The molecule has 3 N–H and O–H groups in total. The lowest BCUT2D eigenvalue weighted by Crippen LogP contribution is -2.47. The molecule has 2 atom stereocenters. The molecule has 4 aromatic rings. The number of nitriles is 1. The Bertz CT molecular complexity index is 1350. The van der Waals surface area contributed by atoms with Crippen LogP contribution in [0.15, 0.2) is 109 Å². The zero-order valence-corrected chi connectivity index (χ0v) is 24.8. The van der Waals surface area contributed by atoms with E-state index in [0.717, 1.165) is 12.0 Å². The van der Waals surface area contributed by atoms with Crippen LogP contribution in [-0.2, 0) is 24.2 Å². The van der Waals surface area contributed by atoms with Gasteiger partial charge in [0.1, 0.15) is 11.9 Å². The standard InChI is InChI=1S/C29H34FN3O2.C7H8/c1-29(2,34)35-28(15-16-32-20-24-13-14-26(30)25(17-24)19-31)27(18-22-9-5-3-6-10-22)33-21-23-11-7-4-8-12-23;1-7-5-3-2-4-6-7/h3-14,17,27-28,32-34H,15-16,18,20-21H2,1-2H3;2-6H,1H3. The van der Waals surface area contributed by atoms with Gasteiger partial charge in [0.2, 0.25) is 0 Å². The van der Waals surface area contributed by atoms with Crippen molar-refractivity contribution >= 4 is 0 Å². The molecule has 0 aliphatic carbocycles. The summed E-state index contributed by atoms with van der Waals surface area (Å²) in [6, 6.07) is 37.1. The van der Waals surface area contributed by atoms with Crippen molar-refractivity contribution in [3.8, 4) is 6.07 Å². The van der Waals surface area contributed by atoms with Crippen LogP contribution in [0.3, 0.4) is 0 Å². The number of hydrogen-bond donors (Lipinski definition) is 3. The number of aliphatic hydroxyl groups is 1. The van der Waals surface area contributed by atoms with Crippen molar-refractivity contribution in [2.75, 3.05) is 6.54 Å². The molecule has 0 spiro atoms. The van der Waals surface area contributed by atoms with Gasteiger partial charge in [0, 0.05) is 19.1 Å². The number of nitrogens with zero attached hydrogens (tertiary/aromatic N) is 1. The number of halogens is 1. The molecule has 2 unspecified atom stereocenters. The lowest BCUT2D eigenvalue weighted by atomic mass is 9.98. The van der Waals surface area contributed by atoms with Gasteiger partial charge in [-0.1, -0.05) is 103 Å². The van der Waals surface area contributed by atoms with Gasteiger partial charge < -0.3 is 20.5 Å². The molecule has 0 saturated carbocycles. The monoisotopic (exact) mass is 567 g/mol. The van der Waals surface area contributed by atoms with E-state index in [2.05, 4.69) is 54.0 Å². The Morgan fingerprint density at radius 1 is 0.833 bits per heavy atom. The predicted molar refractivity (Wildman–Crippen MR) is 167 cm³/mol. The summed E-state index contributed by atoms with van der Waals surface area (Å²) in [5.74, 6) is -1.80. The highest BCUT2D eigenvalue weighted by Gasteiger charge is 2.28. The summed E-state index contributed by atoms with van der Waals surface area (Å²) in [7, 11) is 0. The van der Waals surface area contributed by atoms with Crippen molar-refractivity contribution in [2.45, 2.75) is 64.6 Å². The van der Waals surface area contributed by atoms with Crippen LogP contribution in [0.2, 0.25) is 0 Å². The fraction of sp³-hybridized carbons (Fsp3) is 0.306. The maximum absolute atomic E-state index is 13.6. The minimum absolute atomic E-state index is 0.0400. The molecule has 5 nitrogen and oxygen atoms in total. The van der Waals surface area contributed by atoms with Crippen LogP contribution in [0.1, 0.15) is 48.1 Å². The van der Waals surface area contributed by atoms with Crippen LogP contribution in [-0.4, -0.2) is 29.6 Å². The Morgan fingerprint density at radius 3 is 1.98 bits per heavy atom. The van der Waals surface area contributed by atoms with E-state index in [-0.39, 0.29) is 17.7 Å². The quantitative estimate of drug-likeness (QED) is 0.124. The molecule has 42 heavy (non-hydrogen) atoms. The summed E-state index contributed by atoms with van der Waals surface area (Å²) >= 11 is 0. The van der Waals surface area contributed by atoms with Crippen molar-refractivity contribution in [2.24, 2.45) is 0 Å². The Balaban J connectivity index is 0.000000603. The van der Waals surface area contributed by atoms with Gasteiger partial charge in [-0.05, 0) is 69.0 Å². The second-order valence-corrected chi connectivity index (χ2v) is 10.8. The predicted octanol–water partition coefficient (Wildman–Crippen LogP) is 6.69. The van der Waals surface area contributed by atoms with Gasteiger partial charge >= 0.3 is 0 Å². The zero-order valence-electron chi connectivity index (χ0n) is 24.8. The van der Waals surface area contributed by atoms with E-state index >= 15 is 0 Å². The topological polar surface area (TPSA) is 77.3 Å². The molecule has 0 heterocycles. The van der Waals surface area contributed by atoms with Gasteiger partial charge in [-0.15, -0.1) is 0 Å². The molecule has 4 aromatic carbocycles. The van der Waals surface area contributed by atoms with Gasteiger partial charge in [0.15, 0.2) is 5.79 Å². The average Bonchev–Trinajstić information content (AvgIpc) is 2.99. The smallest absolute Gasteiger partial charge is 0.160 e. The van der Waals surface area contributed by atoms with Crippen LogP contribution in [0.25, 0.3) is 0 Å². The van der Waals surface area contributed by atoms with Crippen LogP contribution in [0.4, 0.5) is 4.39 Å². The van der Waals surface area contributed by atoms with E-state index < -0.39 is 11.6 Å². The molecule has 0 aliphatic rings. The van der Waals surface area contributed by atoms with Gasteiger partial charge in [0.25, 0.3) is 0 Å². The molecule has 6 heteroatoms. The number of ether oxygens (including phenoxy) is 1. The second kappa shape index (κ2) is 17.2. The van der Waals surface area contributed by atoms with E-state index in [4.69, 9.17) is 10.00 Å².